The summed E-state index contributed by atoms with van der Waals surface area (Å²) in [6.07, 6.45) is 4.54. The number of nitrogens with one attached hydrogen (secondary N) is 1. The third-order valence-electron chi connectivity index (χ3n) is 4.88. The smallest absolute Gasteiger partial charge is 0.408 e. The molecule has 30 heavy (non-hydrogen) atoms. The summed E-state index contributed by atoms with van der Waals surface area (Å²) < 4.78 is 5.54. The molecule has 160 valence electrons. The Morgan fingerprint density at radius 3 is 2.07 bits per heavy atom. The fourth-order valence-electron chi connectivity index (χ4n) is 3.42. The number of carboxylic acid groups (broad SMARTS) is 1. The molecule has 1 aliphatic rings. The number of Topliss-reactive ketones (excluding diaryl/α,β-unsaturated/α-hetero) is 1. The van der Waals surface area contributed by atoms with E-state index in [1.54, 1.807) is 36.4 Å². The van der Waals surface area contributed by atoms with Gasteiger partial charge in [0.1, 0.15) is 0 Å². The van der Waals surface area contributed by atoms with Gasteiger partial charge in [0.05, 0.1) is 0 Å². The molecule has 1 saturated carbocycles. The number of hydrogen-bond donors (Lipinski definition) is 2. The summed E-state index contributed by atoms with van der Waals surface area (Å²) in [4.78, 5) is 34.2. The van der Waals surface area contributed by atoms with Crippen LogP contribution in [0.15, 0.2) is 60.7 Å². The number of carbonyl (C=O) groups is 3. The molecule has 0 saturated heterocycles. The van der Waals surface area contributed by atoms with Crippen molar-refractivity contribution in [3.63, 3.8) is 0 Å². The number of rotatable bonds is 6. The van der Waals surface area contributed by atoms with Gasteiger partial charge in [-0.05, 0) is 18.8 Å². The molecule has 0 spiro atoms. The highest BCUT2D eigenvalue weighted by Gasteiger charge is 2.26. The quantitative estimate of drug-likeness (QED) is 0.652. The minimum Gasteiger partial charge on any atom is -0.481 e. The first-order valence-electron chi connectivity index (χ1n) is 10.3. The highest BCUT2D eigenvalue weighted by molar-refractivity contribution is 6.00. The van der Waals surface area contributed by atoms with E-state index in [-0.39, 0.29) is 5.78 Å². The Bertz CT molecular complexity index is 797. The Morgan fingerprint density at radius 2 is 1.50 bits per heavy atom. The molecule has 2 aromatic carbocycles. The Balaban J connectivity index is 0.000000735. The molecule has 6 nitrogen and oxygen atoms in total. The van der Waals surface area contributed by atoms with Crippen LogP contribution in [0.2, 0.25) is 0 Å². The summed E-state index contributed by atoms with van der Waals surface area (Å²) in [7, 11) is 0. The maximum atomic E-state index is 12.9. The molecule has 2 aromatic rings. The molecule has 2 N–H and O–H groups in total. The molecular weight excluding hydrogens is 382 g/mol. The summed E-state index contributed by atoms with van der Waals surface area (Å²) in [5, 5.41) is 10.3. The van der Waals surface area contributed by atoms with Gasteiger partial charge in [-0.15, -0.1) is 0 Å². The summed E-state index contributed by atoms with van der Waals surface area (Å²) in [6.45, 7) is 1.69. The Morgan fingerprint density at radius 1 is 0.967 bits per heavy atom. The number of benzene rings is 2. The molecule has 1 aliphatic carbocycles. The molecule has 1 unspecified atom stereocenters. The van der Waals surface area contributed by atoms with E-state index in [0.29, 0.717) is 23.6 Å². The van der Waals surface area contributed by atoms with Crippen LogP contribution in [-0.4, -0.2) is 29.5 Å². The highest BCUT2D eigenvalue weighted by Crippen LogP contribution is 2.24. The maximum Gasteiger partial charge on any atom is 0.408 e. The molecule has 0 bridgehead atoms. The summed E-state index contributed by atoms with van der Waals surface area (Å²) in [6, 6.07) is 18.1. The van der Waals surface area contributed by atoms with Gasteiger partial charge in [0.25, 0.3) is 5.97 Å². The van der Waals surface area contributed by atoms with Crippen molar-refractivity contribution in [2.24, 2.45) is 5.92 Å². The van der Waals surface area contributed by atoms with Crippen molar-refractivity contribution < 1.29 is 24.2 Å². The van der Waals surface area contributed by atoms with Crippen LogP contribution < -0.4 is 5.32 Å². The van der Waals surface area contributed by atoms with E-state index in [1.165, 1.54) is 19.3 Å². The van der Waals surface area contributed by atoms with Gasteiger partial charge in [-0.2, -0.15) is 0 Å². The molecule has 3 rings (SSSR count). The van der Waals surface area contributed by atoms with Crippen LogP contribution in [0.4, 0.5) is 4.79 Å². The molecule has 0 heterocycles. The minimum atomic E-state index is -0.940. The average Bonchev–Trinajstić information content (AvgIpc) is 2.77. The fraction of sp³-hybridized carbons (Fsp3) is 0.375. The largest absolute Gasteiger partial charge is 0.481 e. The van der Waals surface area contributed by atoms with E-state index in [0.717, 1.165) is 19.8 Å². The van der Waals surface area contributed by atoms with Crippen LogP contribution in [0.5, 0.6) is 0 Å². The normalized spacial score (nSPS) is 14.6. The van der Waals surface area contributed by atoms with Gasteiger partial charge < -0.3 is 15.2 Å². The first-order valence-corrected chi connectivity index (χ1v) is 10.3. The van der Waals surface area contributed by atoms with Crippen LogP contribution in [0.1, 0.15) is 61.1 Å². The SMILES string of the molecule is CC(=O)O.O=C(NCC1CCCCC1)OC(C(=O)c1ccccc1)c1ccccc1. The van der Waals surface area contributed by atoms with Gasteiger partial charge in [0.2, 0.25) is 5.78 Å². The van der Waals surface area contributed by atoms with Crippen LogP contribution in [0.3, 0.4) is 0 Å². The van der Waals surface area contributed by atoms with Crippen molar-refractivity contribution in [1.29, 1.82) is 0 Å². The van der Waals surface area contributed by atoms with Crippen molar-refractivity contribution in [3.05, 3.63) is 71.8 Å². The van der Waals surface area contributed by atoms with Crippen LogP contribution in [0, 0.1) is 5.92 Å². The zero-order valence-corrected chi connectivity index (χ0v) is 17.3. The Labute approximate surface area is 177 Å². The second-order valence-corrected chi connectivity index (χ2v) is 7.33. The number of amides is 1. The zero-order chi connectivity index (χ0) is 21.8. The van der Waals surface area contributed by atoms with E-state index in [1.807, 2.05) is 24.3 Å². The van der Waals surface area contributed by atoms with Crippen molar-refractivity contribution >= 4 is 17.8 Å². The fourth-order valence-corrected chi connectivity index (χ4v) is 3.42. The van der Waals surface area contributed by atoms with Crippen molar-refractivity contribution in [2.45, 2.75) is 45.1 Å². The van der Waals surface area contributed by atoms with E-state index < -0.39 is 18.2 Å². The minimum absolute atomic E-state index is 0.218. The molecule has 1 amide bonds. The molecule has 1 fully saturated rings. The second-order valence-electron chi connectivity index (χ2n) is 7.33. The van der Waals surface area contributed by atoms with Gasteiger partial charge >= 0.3 is 6.09 Å². The second kappa shape index (κ2) is 12.4. The molecular formula is C24H29NO5. The summed E-state index contributed by atoms with van der Waals surface area (Å²) >= 11 is 0. The topological polar surface area (TPSA) is 92.7 Å². The number of aliphatic carboxylic acids is 1. The zero-order valence-electron chi connectivity index (χ0n) is 17.3. The molecule has 6 heteroatoms. The van der Waals surface area contributed by atoms with Gasteiger partial charge in [-0.25, -0.2) is 4.79 Å². The van der Waals surface area contributed by atoms with Crippen molar-refractivity contribution in [1.82, 2.24) is 5.32 Å². The summed E-state index contributed by atoms with van der Waals surface area (Å²) in [5.41, 5.74) is 1.20. The number of ketones is 1. The third kappa shape index (κ3) is 8.07. The summed E-state index contributed by atoms with van der Waals surface area (Å²) in [5.74, 6) is -0.541. The molecule has 1 atom stereocenters. The first kappa shape index (κ1) is 23.1. The molecule has 0 aliphatic heterocycles. The predicted octanol–water partition coefficient (Wildman–Crippen LogP) is 5.01. The van der Waals surface area contributed by atoms with Crippen LogP contribution in [-0.2, 0) is 9.53 Å². The van der Waals surface area contributed by atoms with E-state index in [4.69, 9.17) is 14.6 Å². The third-order valence-corrected chi connectivity index (χ3v) is 4.88. The lowest BCUT2D eigenvalue weighted by Crippen LogP contribution is -2.33. The van der Waals surface area contributed by atoms with E-state index >= 15 is 0 Å². The van der Waals surface area contributed by atoms with Gasteiger partial charge in [-0.3, -0.25) is 9.59 Å². The van der Waals surface area contributed by atoms with Crippen molar-refractivity contribution in [2.75, 3.05) is 6.54 Å². The lowest BCUT2D eigenvalue weighted by molar-refractivity contribution is -0.134. The lowest BCUT2D eigenvalue weighted by atomic mass is 9.89. The van der Waals surface area contributed by atoms with E-state index in [9.17, 15) is 9.59 Å². The molecule has 0 aromatic heterocycles. The van der Waals surface area contributed by atoms with Crippen LogP contribution >= 0.6 is 0 Å². The van der Waals surface area contributed by atoms with E-state index in [2.05, 4.69) is 5.32 Å². The lowest BCUT2D eigenvalue weighted by Gasteiger charge is -2.23. The average molecular weight is 411 g/mol. The highest BCUT2D eigenvalue weighted by atomic mass is 16.6. The molecule has 0 radical (unpaired) electrons. The number of hydrogen-bond acceptors (Lipinski definition) is 4. The maximum absolute atomic E-state index is 12.9. The monoisotopic (exact) mass is 411 g/mol. The Kier molecular flexibility index (Phi) is 9.58. The van der Waals surface area contributed by atoms with Gasteiger partial charge in [0, 0.05) is 24.6 Å². The predicted molar refractivity (Wildman–Crippen MR) is 114 cm³/mol. The van der Waals surface area contributed by atoms with Crippen LogP contribution in [0.25, 0.3) is 0 Å². The van der Waals surface area contributed by atoms with Crippen molar-refractivity contribution in [3.8, 4) is 0 Å². The number of carboxylic acids is 1. The standard InChI is InChI=1S/C22H25NO3.C2H4O2/c24-20(18-12-6-2-7-13-18)21(19-14-8-3-9-15-19)26-22(25)23-16-17-10-4-1-5-11-17;1-2(3)4/h2-3,6-9,12-15,17,21H,1,4-5,10-11,16H2,(H,23,25);1H3,(H,3,4). The van der Waals surface area contributed by atoms with Gasteiger partial charge in [-0.1, -0.05) is 79.9 Å². The number of ether oxygens (including phenoxy) is 1. The van der Waals surface area contributed by atoms with Gasteiger partial charge in [0.15, 0.2) is 6.10 Å². The number of alkyl carbamates (subject to hydrolysis) is 1. The first-order chi connectivity index (χ1) is 14.5. The number of carbonyl (C=O) groups excluding carboxylic acids is 2. The Hall–Kier alpha value is -3.15.